The van der Waals surface area contributed by atoms with Gasteiger partial charge in [0.1, 0.15) is 0 Å². The first-order valence-electron chi connectivity index (χ1n) is 6.38. The number of likely N-dealkylation sites (N-methyl/N-ethyl adjacent to an activating group) is 1. The van der Waals surface area contributed by atoms with Crippen molar-refractivity contribution >= 4 is 23.1 Å². The smallest absolute Gasteiger partial charge is 0.164 e. The topological polar surface area (TPSA) is 23.6 Å². The van der Waals surface area contributed by atoms with Crippen molar-refractivity contribution < 1.29 is 4.79 Å². The molecule has 1 aliphatic heterocycles. The Hall–Kier alpha value is -1.06. The van der Waals surface area contributed by atoms with E-state index in [1.807, 2.05) is 19.1 Å². The van der Waals surface area contributed by atoms with Gasteiger partial charge in [-0.1, -0.05) is 18.5 Å². The Bertz CT molecular complexity index is 439. The summed E-state index contributed by atoms with van der Waals surface area (Å²) < 4.78 is 0. The lowest BCUT2D eigenvalue weighted by Crippen LogP contribution is -2.45. The molecule has 1 fully saturated rings. The van der Waals surface area contributed by atoms with Gasteiger partial charge in [0.05, 0.1) is 0 Å². The van der Waals surface area contributed by atoms with Crippen molar-refractivity contribution in [1.82, 2.24) is 4.90 Å². The monoisotopic (exact) mass is 266 g/mol. The zero-order valence-corrected chi connectivity index (χ0v) is 11.7. The van der Waals surface area contributed by atoms with Crippen molar-refractivity contribution in [3.05, 3.63) is 28.8 Å². The molecule has 18 heavy (non-hydrogen) atoms. The maximum atomic E-state index is 12.0. The van der Waals surface area contributed by atoms with Crippen LogP contribution in [0.2, 0.25) is 5.02 Å². The summed E-state index contributed by atoms with van der Waals surface area (Å²) >= 11 is 6.06. The molecule has 0 aromatic heterocycles. The predicted molar refractivity (Wildman–Crippen MR) is 75.8 cm³/mol. The molecule has 0 bridgehead atoms. The van der Waals surface area contributed by atoms with E-state index >= 15 is 0 Å². The van der Waals surface area contributed by atoms with E-state index in [0.29, 0.717) is 11.4 Å². The molecule has 0 unspecified atom stereocenters. The zero-order valence-electron chi connectivity index (χ0n) is 10.9. The number of Topliss-reactive ketones (excluding diaryl/α,β-unsaturated/α-hetero) is 1. The molecule has 1 aromatic rings. The lowest BCUT2D eigenvalue weighted by Gasteiger charge is -2.35. The minimum atomic E-state index is 0.181. The molecule has 0 saturated carbocycles. The highest BCUT2D eigenvalue weighted by atomic mass is 35.5. The predicted octanol–water partition coefficient (Wildman–Crippen LogP) is 2.68. The quantitative estimate of drug-likeness (QED) is 0.786. The highest BCUT2D eigenvalue weighted by Crippen LogP contribution is 2.27. The van der Waals surface area contributed by atoms with Crippen LogP contribution in [0.1, 0.15) is 23.7 Å². The average molecular weight is 267 g/mol. The van der Waals surface area contributed by atoms with Crippen LogP contribution >= 0.6 is 11.6 Å². The molecule has 3 nitrogen and oxygen atoms in total. The maximum Gasteiger partial charge on any atom is 0.164 e. The Morgan fingerprint density at radius 1 is 1.28 bits per heavy atom. The molecule has 0 radical (unpaired) electrons. The minimum Gasteiger partial charge on any atom is -0.368 e. The molecule has 1 saturated heterocycles. The number of nitrogens with zero attached hydrogens (tertiary/aromatic N) is 2. The van der Waals surface area contributed by atoms with Crippen LogP contribution in [0.3, 0.4) is 0 Å². The molecule has 0 amide bonds. The lowest BCUT2D eigenvalue weighted by atomic mass is 10.1. The van der Waals surface area contributed by atoms with Crippen LogP contribution in [0.5, 0.6) is 0 Å². The molecular weight excluding hydrogens is 248 g/mol. The number of piperazine rings is 1. The highest BCUT2D eigenvalue weighted by molar-refractivity contribution is 6.31. The van der Waals surface area contributed by atoms with Crippen LogP contribution < -0.4 is 4.90 Å². The third kappa shape index (κ3) is 2.85. The van der Waals surface area contributed by atoms with Crippen LogP contribution in [0.25, 0.3) is 0 Å². The van der Waals surface area contributed by atoms with Crippen LogP contribution in [-0.4, -0.2) is 43.9 Å². The van der Waals surface area contributed by atoms with Gasteiger partial charge in [-0.05, 0) is 25.2 Å². The maximum absolute atomic E-state index is 12.0. The van der Waals surface area contributed by atoms with Gasteiger partial charge < -0.3 is 9.80 Å². The molecule has 98 valence electrons. The number of hydrogen-bond acceptors (Lipinski definition) is 3. The van der Waals surface area contributed by atoms with Gasteiger partial charge in [-0.25, -0.2) is 0 Å². The Morgan fingerprint density at radius 3 is 2.56 bits per heavy atom. The van der Waals surface area contributed by atoms with Gasteiger partial charge in [0.2, 0.25) is 0 Å². The summed E-state index contributed by atoms with van der Waals surface area (Å²) in [6, 6.07) is 5.56. The van der Waals surface area contributed by atoms with Gasteiger partial charge in [-0.2, -0.15) is 0 Å². The van der Waals surface area contributed by atoms with E-state index in [1.165, 1.54) is 0 Å². The number of carbonyl (C=O) groups excluding carboxylic acids is 1. The number of rotatable bonds is 3. The first-order valence-corrected chi connectivity index (χ1v) is 6.76. The third-order valence-corrected chi connectivity index (χ3v) is 3.66. The number of benzene rings is 1. The number of carbonyl (C=O) groups is 1. The summed E-state index contributed by atoms with van der Waals surface area (Å²) in [4.78, 5) is 16.5. The minimum absolute atomic E-state index is 0.181. The van der Waals surface area contributed by atoms with Gasteiger partial charge in [0.25, 0.3) is 0 Å². The number of halogens is 1. The van der Waals surface area contributed by atoms with E-state index in [9.17, 15) is 4.79 Å². The van der Waals surface area contributed by atoms with Gasteiger partial charge in [0.15, 0.2) is 5.78 Å². The molecule has 1 heterocycles. The molecule has 0 spiro atoms. The van der Waals surface area contributed by atoms with Crippen molar-refractivity contribution in [3.8, 4) is 0 Å². The van der Waals surface area contributed by atoms with E-state index in [4.69, 9.17) is 11.6 Å². The summed E-state index contributed by atoms with van der Waals surface area (Å²) in [6.07, 6.45) is 0.530. The van der Waals surface area contributed by atoms with Crippen molar-refractivity contribution in [2.45, 2.75) is 13.3 Å². The van der Waals surface area contributed by atoms with Crippen LogP contribution in [-0.2, 0) is 0 Å². The van der Waals surface area contributed by atoms with E-state index in [-0.39, 0.29) is 5.78 Å². The second kappa shape index (κ2) is 5.72. The first-order chi connectivity index (χ1) is 8.61. The van der Waals surface area contributed by atoms with Gasteiger partial charge in [-0.15, -0.1) is 0 Å². The molecule has 0 aliphatic carbocycles. The second-order valence-corrected chi connectivity index (χ2v) is 5.16. The van der Waals surface area contributed by atoms with Crippen molar-refractivity contribution in [1.29, 1.82) is 0 Å². The number of anilines is 1. The molecule has 0 atom stereocenters. The summed E-state index contributed by atoms with van der Waals surface area (Å²) in [5.41, 5.74) is 1.79. The molecule has 1 aliphatic rings. The third-order valence-electron chi connectivity index (χ3n) is 3.43. The van der Waals surface area contributed by atoms with Crippen molar-refractivity contribution in [2.75, 3.05) is 38.1 Å². The van der Waals surface area contributed by atoms with Crippen LogP contribution in [0.4, 0.5) is 5.69 Å². The molecule has 0 N–H and O–H groups in total. The van der Waals surface area contributed by atoms with Crippen molar-refractivity contribution in [3.63, 3.8) is 0 Å². The molecule has 2 rings (SSSR count). The largest absolute Gasteiger partial charge is 0.368 e. The van der Waals surface area contributed by atoms with Crippen molar-refractivity contribution in [2.24, 2.45) is 0 Å². The van der Waals surface area contributed by atoms with Gasteiger partial charge in [0, 0.05) is 48.9 Å². The van der Waals surface area contributed by atoms with E-state index < -0.39 is 0 Å². The second-order valence-electron chi connectivity index (χ2n) is 4.73. The van der Waals surface area contributed by atoms with Crippen LogP contribution in [0, 0.1) is 0 Å². The molecule has 4 heteroatoms. The fourth-order valence-corrected chi connectivity index (χ4v) is 2.41. The van der Waals surface area contributed by atoms with Gasteiger partial charge in [-0.3, -0.25) is 4.79 Å². The zero-order chi connectivity index (χ0) is 13.1. The Balaban J connectivity index is 2.30. The van der Waals surface area contributed by atoms with Crippen LogP contribution in [0.15, 0.2) is 18.2 Å². The van der Waals surface area contributed by atoms with E-state index in [1.54, 1.807) is 6.07 Å². The SMILES string of the molecule is CCC(=O)c1ccc(Cl)cc1N1CCN(C)CC1. The highest BCUT2D eigenvalue weighted by Gasteiger charge is 2.19. The van der Waals surface area contributed by atoms with E-state index in [0.717, 1.165) is 37.4 Å². The molecular formula is C14H19ClN2O. The summed E-state index contributed by atoms with van der Waals surface area (Å²) in [6.45, 7) is 5.82. The fraction of sp³-hybridized carbons (Fsp3) is 0.500. The Kier molecular flexibility index (Phi) is 4.25. The first kappa shape index (κ1) is 13.4. The number of hydrogen-bond donors (Lipinski definition) is 0. The Labute approximate surface area is 113 Å². The average Bonchev–Trinajstić information content (AvgIpc) is 2.38. The lowest BCUT2D eigenvalue weighted by molar-refractivity contribution is 0.0988. The van der Waals surface area contributed by atoms with E-state index in [2.05, 4.69) is 16.8 Å². The summed E-state index contributed by atoms with van der Waals surface area (Å²) in [7, 11) is 2.12. The normalized spacial score (nSPS) is 16.9. The summed E-state index contributed by atoms with van der Waals surface area (Å²) in [5, 5.41) is 0.691. The standard InChI is InChI=1S/C14H19ClN2O/c1-3-14(18)12-5-4-11(15)10-13(12)17-8-6-16(2)7-9-17/h4-5,10H,3,6-9H2,1-2H3. The van der Waals surface area contributed by atoms with Gasteiger partial charge >= 0.3 is 0 Å². The Morgan fingerprint density at radius 2 is 1.94 bits per heavy atom. The molecule has 1 aromatic carbocycles. The number of ketones is 1. The summed E-state index contributed by atoms with van der Waals surface area (Å²) in [5.74, 6) is 0.181. The fourth-order valence-electron chi connectivity index (χ4n) is 2.24.